The van der Waals surface area contributed by atoms with Gasteiger partial charge in [0.15, 0.2) is 29.1 Å². The zero-order valence-corrected chi connectivity index (χ0v) is 10.1. The second-order valence-corrected chi connectivity index (χ2v) is 3.73. The van der Waals surface area contributed by atoms with Gasteiger partial charge >= 0.3 is 0 Å². The van der Waals surface area contributed by atoms with E-state index in [-0.39, 0.29) is 17.6 Å². The Balaban J connectivity index is 2.31. The van der Waals surface area contributed by atoms with E-state index in [4.69, 9.17) is 5.84 Å². The number of hydrazine groups is 1. The molecule has 6 nitrogen and oxygen atoms in total. The molecule has 21 heavy (non-hydrogen) atoms. The van der Waals surface area contributed by atoms with Crippen LogP contribution >= 0.6 is 0 Å². The van der Waals surface area contributed by atoms with E-state index in [1.165, 1.54) is 0 Å². The van der Waals surface area contributed by atoms with Gasteiger partial charge in [-0.25, -0.2) is 33.4 Å². The average Bonchev–Trinajstić information content (AvgIpc) is 2.49. The summed E-state index contributed by atoms with van der Waals surface area (Å²) in [4.78, 5) is 18.9. The lowest BCUT2D eigenvalue weighted by Gasteiger charge is -2.08. The minimum atomic E-state index is -1.73. The number of rotatable bonds is 3. The van der Waals surface area contributed by atoms with Gasteiger partial charge in [-0.2, -0.15) is 0 Å². The number of carbonyl (C=O) groups is 1. The third kappa shape index (κ3) is 2.89. The number of halogens is 4. The van der Waals surface area contributed by atoms with Crippen LogP contribution < -0.4 is 16.6 Å². The normalized spacial score (nSPS) is 10.3. The van der Waals surface area contributed by atoms with E-state index in [1.54, 1.807) is 5.32 Å². The van der Waals surface area contributed by atoms with E-state index in [2.05, 4.69) is 15.4 Å². The summed E-state index contributed by atoms with van der Waals surface area (Å²) in [6.45, 7) is 0. The zero-order chi connectivity index (χ0) is 15.6. The third-order valence-corrected chi connectivity index (χ3v) is 2.38. The Bertz CT molecular complexity index is 666. The SMILES string of the molecule is NNc1cnc(C(=O)Nc2c(F)c(F)cc(F)c2F)cn1. The first kappa shape index (κ1) is 14.7. The summed E-state index contributed by atoms with van der Waals surface area (Å²) >= 11 is 0. The highest BCUT2D eigenvalue weighted by Crippen LogP contribution is 2.24. The summed E-state index contributed by atoms with van der Waals surface area (Å²) in [7, 11) is 0. The summed E-state index contributed by atoms with van der Waals surface area (Å²) < 4.78 is 52.7. The minimum absolute atomic E-state index is 0.0296. The molecule has 2 aromatic rings. The first-order valence-electron chi connectivity index (χ1n) is 5.37. The molecule has 4 N–H and O–H groups in total. The third-order valence-electron chi connectivity index (χ3n) is 2.38. The van der Waals surface area contributed by atoms with Gasteiger partial charge in [0.1, 0.15) is 11.4 Å². The topological polar surface area (TPSA) is 92.9 Å². The fourth-order valence-corrected chi connectivity index (χ4v) is 1.38. The summed E-state index contributed by atoms with van der Waals surface area (Å²) in [5, 5.41) is 1.69. The number of carbonyl (C=O) groups excluding carboxylic acids is 1. The standard InChI is InChI=1S/C11H7F4N5O/c12-4-1-5(13)9(15)10(8(4)14)19-11(21)6-2-18-7(20-16)3-17-6/h1-3H,16H2,(H,18,20)(H,19,21). The Morgan fingerprint density at radius 3 is 2.14 bits per heavy atom. The van der Waals surface area contributed by atoms with Gasteiger partial charge in [0.05, 0.1) is 12.4 Å². The number of amides is 1. The van der Waals surface area contributed by atoms with Gasteiger partial charge in [0, 0.05) is 6.07 Å². The van der Waals surface area contributed by atoms with Crippen LogP contribution in [0.1, 0.15) is 10.5 Å². The Labute approximate surface area is 115 Å². The summed E-state index contributed by atoms with van der Waals surface area (Å²) in [6, 6.07) is 0.0296. The van der Waals surface area contributed by atoms with Crippen LogP contribution in [0.15, 0.2) is 18.5 Å². The van der Waals surface area contributed by atoms with Gasteiger partial charge in [-0.3, -0.25) is 4.79 Å². The van der Waals surface area contributed by atoms with Crippen LogP contribution in [-0.2, 0) is 0 Å². The van der Waals surface area contributed by atoms with E-state index in [0.29, 0.717) is 0 Å². The Hall–Kier alpha value is -2.75. The maximum atomic E-state index is 13.4. The van der Waals surface area contributed by atoms with Crippen LogP contribution in [-0.4, -0.2) is 15.9 Å². The lowest BCUT2D eigenvalue weighted by Crippen LogP contribution is -2.18. The molecule has 1 amide bonds. The molecule has 1 heterocycles. The van der Waals surface area contributed by atoms with Gasteiger partial charge in [-0.05, 0) is 0 Å². The molecule has 0 atom stereocenters. The highest BCUT2D eigenvalue weighted by atomic mass is 19.2. The van der Waals surface area contributed by atoms with Crippen molar-refractivity contribution in [3.63, 3.8) is 0 Å². The van der Waals surface area contributed by atoms with Crippen molar-refractivity contribution >= 4 is 17.4 Å². The molecule has 0 saturated heterocycles. The summed E-state index contributed by atoms with van der Waals surface area (Å²) in [5.41, 5.74) is 0.566. The Kier molecular flexibility index (Phi) is 3.98. The monoisotopic (exact) mass is 301 g/mol. The van der Waals surface area contributed by atoms with Gasteiger partial charge < -0.3 is 10.7 Å². The highest BCUT2D eigenvalue weighted by Gasteiger charge is 2.21. The van der Waals surface area contributed by atoms with Crippen molar-refractivity contribution in [1.82, 2.24) is 9.97 Å². The molecule has 10 heteroatoms. The molecule has 0 unspecified atom stereocenters. The minimum Gasteiger partial charge on any atom is -0.315 e. The molecule has 0 saturated carbocycles. The first-order chi connectivity index (χ1) is 9.93. The van der Waals surface area contributed by atoms with Crippen molar-refractivity contribution in [2.24, 2.45) is 5.84 Å². The molecule has 2 rings (SSSR count). The molecule has 0 aliphatic carbocycles. The van der Waals surface area contributed by atoms with Crippen LogP contribution in [0.3, 0.4) is 0 Å². The zero-order valence-electron chi connectivity index (χ0n) is 10.1. The number of anilines is 2. The maximum Gasteiger partial charge on any atom is 0.276 e. The smallest absolute Gasteiger partial charge is 0.276 e. The first-order valence-corrected chi connectivity index (χ1v) is 5.37. The van der Waals surface area contributed by atoms with E-state index in [9.17, 15) is 22.4 Å². The number of aromatic nitrogens is 2. The Morgan fingerprint density at radius 2 is 1.67 bits per heavy atom. The molecular formula is C11H7F4N5O. The molecule has 110 valence electrons. The number of benzene rings is 1. The van der Waals surface area contributed by atoms with Crippen molar-refractivity contribution in [3.05, 3.63) is 47.4 Å². The average molecular weight is 301 g/mol. The van der Waals surface area contributed by atoms with E-state index in [0.717, 1.165) is 12.4 Å². The molecule has 0 radical (unpaired) electrons. The van der Waals surface area contributed by atoms with Crippen molar-refractivity contribution < 1.29 is 22.4 Å². The maximum absolute atomic E-state index is 13.4. The number of nitrogens with zero attached hydrogens (tertiary/aromatic N) is 2. The summed E-state index contributed by atoms with van der Waals surface area (Å²) in [5.74, 6) is -2.66. The molecule has 0 spiro atoms. The number of hydrogen-bond acceptors (Lipinski definition) is 5. The number of hydrogen-bond donors (Lipinski definition) is 3. The molecule has 1 aromatic carbocycles. The predicted octanol–water partition coefficient (Wildman–Crippen LogP) is 1.57. The van der Waals surface area contributed by atoms with Gasteiger partial charge in [0.25, 0.3) is 5.91 Å². The molecular weight excluding hydrogens is 294 g/mol. The molecule has 1 aromatic heterocycles. The molecule has 0 fully saturated rings. The highest BCUT2D eigenvalue weighted by molar-refractivity contribution is 6.02. The molecule has 0 aliphatic heterocycles. The Morgan fingerprint density at radius 1 is 1.05 bits per heavy atom. The van der Waals surface area contributed by atoms with Crippen molar-refractivity contribution in [2.45, 2.75) is 0 Å². The van der Waals surface area contributed by atoms with Crippen molar-refractivity contribution in [3.8, 4) is 0 Å². The largest absolute Gasteiger partial charge is 0.315 e. The van der Waals surface area contributed by atoms with Crippen LogP contribution in [0.25, 0.3) is 0 Å². The predicted molar refractivity (Wildman–Crippen MR) is 64.1 cm³/mol. The number of nitrogens with two attached hydrogens (primary N) is 1. The molecule has 0 aliphatic rings. The van der Waals surface area contributed by atoms with Crippen LogP contribution in [0, 0.1) is 23.3 Å². The lowest BCUT2D eigenvalue weighted by molar-refractivity contribution is 0.102. The lowest BCUT2D eigenvalue weighted by atomic mass is 10.2. The fourth-order valence-electron chi connectivity index (χ4n) is 1.38. The van der Waals surface area contributed by atoms with Crippen molar-refractivity contribution in [1.29, 1.82) is 0 Å². The van der Waals surface area contributed by atoms with Crippen LogP contribution in [0.5, 0.6) is 0 Å². The van der Waals surface area contributed by atoms with Crippen LogP contribution in [0.2, 0.25) is 0 Å². The van der Waals surface area contributed by atoms with E-state index in [1.807, 2.05) is 0 Å². The summed E-state index contributed by atoms with van der Waals surface area (Å²) in [6.07, 6.45) is 2.03. The van der Waals surface area contributed by atoms with Crippen LogP contribution in [0.4, 0.5) is 29.1 Å². The second-order valence-electron chi connectivity index (χ2n) is 3.73. The van der Waals surface area contributed by atoms with Crippen molar-refractivity contribution in [2.75, 3.05) is 10.7 Å². The molecule has 0 bridgehead atoms. The van der Waals surface area contributed by atoms with E-state index >= 15 is 0 Å². The van der Waals surface area contributed by atoms with Gasteiger partial charge in [-0.1, -0.05) is 0 Å². The van der Waals surface area contributed by atoms with Gasteiger partial charge in [-0.15, -0.1) is 0 Å². The second kappa shape index (κ2) is 5.71. The number of nitrogen functional groups attached to an aromatic ring is 1. The number of nitrogens with one attached hydrogen (secondary N) is 2. The quantitative estimate of drug-likeness (QED) is 0.346. The van der Waals surface area contributed by atoms with E-state index < -0.39 is 34.9 Å². The fraction of sp³-hybridized carbons (Fsp3) is 0. The van der Waals surface area contributed by atoms with Gasteiger partial charge in [0.2, 0.25) is 0 Å².